The standard InChI is InChI=1S/C17H27NO2.ClH/c18-14-10-5-3-1-2-4-9-13-17(19)20-15-16-11-7-6-8-12-16;/h6-8,11-12H,1-5,9-10,13-15,18H2;1H. The van der Waals surface area contributed by atoms with Gasteiger partial charge in [-0.05, 0) is 24.9 Å². The summed E-state index contributed by atoms with van der Waals surface area (Å²) in [5.74, 6) is -0.0861. The molecule has 0 fully saturated rings. The molecule has 3 nitrogen and oxygen atoms in total. The van der Waals surface area contributed by atoms with Crippen LogP contribution in [0.5, 0.6) is 0 Å². The molecule has 21 heavy (non-hydrogen) atoms. The monoisotopic (exact) mass is 313 g/mol. The number of hydrogen-bond donors (Lipinski definition) is 1. The number of esters is 1. The molecule has 0 atom stereocenters. The Morgan fingerprint density at radius 1 is 0.905 bits per heavy atom. The third-order valence-corrected chi connectivity index (χ3v) is 3.33. The maximum absolute atomic E-state index is 11.6. The van der Waals surface area contributed by atoms with Crippen molar-refractivity contribution in [2.45, 2.75) is 58.0 Å². The molecule has 2 N–H and O–H groups in total. The molecule has 0 bridgehead atoms. The topological polar surface area (TPSA) is 52.3 Å². The van der Waals surface area contributed by atoms with Gasteiger partial charge in [-0.3, -0.25) is 4.79 Å². The van der Waals surface area contributed by atoms with Crippen molar-refractivity contribution < 1.29 is 9.53 Å². The van der Waals surface area contributed by atoms with Gasteiger partial charge in [-0.15, -0.1) is 12.4 Å². The summed E-state index contributed by atoms with van der Waals surface area (Å²) in [6.07, 6.45) is 8.66. The molecule has 0 amide bonds. The fourth-order valence-corrected chi connectivity index (χ4v) is 2.11. The van der Waals surface area contributed by atoms with Crippen LogP contribution in [0.2, 0.25) is 0 Å². The number of halogens is 1. The fourth-order valence-electron chi connectivity index (χ4n) is 2.11. The lowest BCUT2D eigenvalue weighted by molar-refractivity contribution is -0.145. The summed E-state index contributed by atoms with van der Waals surface area (Å²) in [5.41, 5.74) is 6.49. The fraction of sp³-hybridized carbons (Fsp3) is 0.588. The SMILES string of the molecule is Cl.NCCCCCCCCCC(=O)OCc1ccccc1. The molecule has 4 heteroatoms. The lowest BCUT2D eigenvalue weighted by Crippen LogP contribution is -2.04. The van der Waals surface area contributed by atoms with Crippen molar-refractivity contribution in [3.63, 3.8) is 0 Å². The Hall–Kier alpha value is -1.06. The third-order valence-electron chi connectivity index (χ3n) is 3.33. The Kier molecular flexibility index (Phi) is 13.2. The highest BCUT2D eigenvalue weighted by molar-refractivity contribution is 5.85. The second kappa shape index (κ2) is 13.9. The average molecular weight is 314 g/mol. The zero-order chi connectivity index (χ0) is 14.5. The van der Waals surface area contributed by atoms with Crippen LogP contribution in [0.3, 0.4) is 0 Å². The summed E-state index contributed by atoms with van der Waals surface area (Å²) in [6.45, 7) is 1.19. The van der Waals surface area contributed by atoms with Crippen LogP contribution in [0.4, 0.5) is 0 Å². The molecule has 0 aliphatic heterocycles. The van der Waals surface area contributed by atoms with E-state index in [1.807, 2.05) is 30.3 Å². The Morgan fingerprint density at radius 2 is 1.48 bits per heavy atom. The van der Waals surface area contributed by atoms with E-state index < -0.39 is 0 Å². The van der Waals surface area contributed by atoms with E-state index in [2.05, 4.69) is 0 Å². The number of carbonyl (C=O) groups is 1. The molecule has 0 saturated heterocycles. The van der Waals surface area contributed by atoms with Crippen molar-refractivity contribution in [3.05, 3.63) is 35.9 Å². The van der Waals surface area contributed by atoms with Gasteiger partial charge < -0.3 is 10.5 Å². The van der Waals surface area contributed by atoms with Crippen molar-refractivity contribution in [2.24, 2.45) is 5.73 Å². The molecule has 0 aliphatic carbocycles. The first kappa shape index (κ1) is 19.9. The summed E-state index contributed by atoms with van der Waals surface area (Å²) in [4.78, 5) is 11.6. The number of rotatable bonds is 11. The summed E-state index contributed by atoms with van der Waals surface area (Å²) in [6, 6.07) is 9.80. The Labute approximate surface area is 134 Å². The lowest BCUT2D eigenvalue weighted by Gasteiger charge is -2.05. The van der Waals surface area contributed by atoms with E-state index in [1.165, 1.54) is 25.7 Å². The van der Waals surface area contributed by atoms with Gasteiger partial charge >= 0.3 is 5.97 Å². The maximum Gasteiger partial charge on any atom is 0.306 e. The predicted octanol–water partition coefficient (Wildman–Crippen LogP) is 4.23. The van der Waals surface area contributed by atoms with Gasteiger partial charge in [-0.25, -0.2) is 0 Å². The number of nitrogens with two attached hydrogens (primary N) is 1. The first-order valence-corrected chi connectivity index (χ1v) is 7.72. The summed E-state index contributed by atoms with van der Waals surface area (Å²) in [7, 11) is 0. The number of hydrogen-bond acceptors (Lipinski definition) is 3. The Balaban J connectivity index is 0.00000400. The third kappa shape index (κ3) is 11.3. The zero-order valence-electron chi connectivity index (χ0n) is 12.8. The van der Waals surface area contributed by atoms with E-state index >= 15 is 0 Å². The number of benzene rings is 1. The van der Waals surface area contributed by atoms with Gasteiger partial charge in [0.15, 0.2) is 0 Å². The molecule has 0 radical (unpaired) electrons. The van der Waals surface area contributed by atoms with Crippen molar-refractivity contribution in [1.29, 1.82) is 0 Å². The van der Waals surface area contributed by atoms with Gasteiger partial charge in [-0.1, -0.05) is 62.4 Å². The minimum atomic E-state index is -0.0861. The minimum Gasteiger partial charge on any atom is -0.461 e. The van der Waals surface area contributed by atoms with Gasteiger partial charge in [0.25, 0.3) is 0 Å². The van der Waals surface area contributed by atoms with Crippen LogP contribution >= 0.6 is 12.4 Å². The first-order valence-electron chi connectivity index (χ1n) is 7.72. The molecule has 0 heterocycles. The van der Waals surface area contributed by atoms with Crippen LogP contribution in [0.1, 0.15) is 56.9 Å². The van der Waals surface area contributed by atoms with Gasteiger partial charge in [0.1, 0.15) is 6.61 Å². The van der Waals surface area contributed by atoms with Crippen molar-refractivity contribution in [3.8, 4) is 0 Å². The van der Waals surface area contributed by atoms with Gasteiger partial charge in [0.2, 0.25) is 0 Å². The first-order chi connectivity index (χ1) is 9.83. The van der Waals surface area contributed by atoms with E-state index in [-0.39, 0.29) is 18.4 Å². The van der Waals surface area contributed by atoms with Crippen LogP contribution in [0.15, 0.2) is 30.3 Å². The molecule has 0 aliphatic rings. The van der Waals surface area contributed by atoms with E-state index in [4.69, 9.17) is 10.5 Å². The highest BCUT2D eigenvalue weighted by Crippen LogP contribution is 2.09. The molecule has 0 unspecified atom stereocenters. The minimum absolute atomic E-state index is 0. The lowest BCUT2D eigenvalue weighted by atomic mass is 10.1. The largest absolute Gasteiger partial charge is 0.461 e. The summed E-state index contributed by atoms with van der Waals surface area (Å²) in [5, 5.41) is 0. The van der Waals surface area contributed by atoms with Crippen LogP contribution in [0, 0.1) is 0 Å². The molecule has 0 aromatic heterocycles. The van der Waals surface area contributed by atoms with E-state index in [1.54, 1.807) is 0 Å². The maximum atomic E-state index is 11.6. The van der Waals surface area contributed by atoms with Crippen LogP contribution in [-0.2, 0) is 16.1 Å². The smallest absolute Gasteiger partial charge is 0.306 e. The van der Waals surface area contributed by atoms with Crippen molar-refractivity contribution in [1.82, 2.24) is 0 Å². The molecule has 1 aromatic rings. The molecule has 1 aromatic carbocycles. The number of unbranched alkanes of at least 4 members (excludes halogenated alkanes) is 6. The summed E-state index contributed by atoms with van der Waals surface area (Å²) >= 11 is 0. The van der Waals surface area contributed by atoms with Gasteiger partial charge in [-0.2, -0.15) is 0 Å². The molecule has 1 rings (SSSR count). The molecule has 0 spiro atoms. The Morgan fingerprint density at radius 3 is 2.10 bits per heavy atom. The number of carbonyl (C=O) groups excluding carboxylic acids is 1. The normalized spacial score (nSPS) is 9.95. The van der Waals surface area contributed by atoms with Crippen molar-refractivity contribution in [2.75, 3.05) is 6.54 Å². The second-order valence-corrected chi connectivity index (χ2v) is 5.16. The molecule has 120 valence electrons. The molecule has 0 saturated carbocycles. The van der Waals surface area contributed by atoms with Crippen LogP contribution < -0.4 is 5.73 Å². The van der Waals surface area contributed by atoms with Crippen molar-refractivity contribution >= 4 is 18.4 Å². The predicted molar refractivity (Wildman–Crippen MR) is 89.5 cm³/mol. The number of ether oxygens (including phenoxy) is 1. The zero-order valence-corrected chi connectivity index (χ0v) is 13.6. The summed E-state index contributed by atoms with van der Waals surface area (Å²) < 4.78 is 5.23. The molecular weight excluding hydrogens is 286 g/mol. The highest BCUT2D eigenvalue weighted by Gasteiger charge is 2.03. The second-order valence-electron chi connectivity index (χ2n) is 5.16. The Bertz CT molecular complexity index is 357. The quantitative estimate of drug-likeness (QED) is 0.491. The van der Waals surface area contributed by atoms with E-state index in [9.17, 15) is 4.79 Å². The van der Waals surface area contributed by atoms with Crippen LogP contribution in [-0.4, -0.2) is 12.5 Å². The highest BCUT2D eigenvalue weighted by atomic mass is 35.5. The van der Waals surface area contributed by atoms with E-state index in [0.717, 1.165) is 31.4 Å². The van der Waals surface area contributed by atoms with Gasteiger partial charge in [0.05, 0.1) is 0 Å². The van der Waals surface area contributed by atoms with Crippen LogP contribution in [0.25, 0.3) is 0 Å². The average Bonchev–Trinajstić information content (AvgIpc) is 2.49. The molecular formula is C17H28ClNO2. The van der Waals surface area contributed by atoms with Gasteiger partial charge in [0, 0.05) is 6.42 Å². The van der Waals surface area contributed by atoms with E-state index in [0.29, 0.717) is 13.0 Å².